The fraction of sp³-hybridized carbons (Fsp3) is 0.235. The van der Waals surface area contributed by atoms with E-state index in [0.29, 0.717) is 12.2 Å². The Balaban J connectivity index is 1.84. The second-order valence-electron chi connectivity index (χ2n) is 4.94. The van der Waals surface area contributed by atoms with Gasteiger partial charge in [0.05, 0.1) is 7.11 Å². The maximum atomic E-state index is 12.8. The van der Waals surface area contributed by atoms with Gasteiger partial charge in [0.2, 0.25) is 5.91 Å². The van der Waals surface area contributed by atoms with Gasteiger partial charge in [0, 0.05) is 12.2 Å². The summed E-state index contributed by atoms with van der Waals surface area (Å²) in [7, 11) is 1.61. The molecular formula is C17H19FN2O2. The van der Waals surface area contributed by atoms with Gasteiger partial charge in [-0.3, -0.25) is 4.79 Å². The number of ether oxygens (including phenoxy) is 1. The van der Waals surface area contributed by atoms with Gasteiger partial charge < -0.3 is 15.4 Å². The zero-order valence-electron chi connectivity index (χ0n) is 12.6. The number of nitrogens with one attached hydrogen (secondary N) is 2. The zero-order valence-corrected chi connectivity index (χ0v) is 12.6. The average molecular weight is 302 g/mol. The SMILES string of the molecule is COc1ccc(CNC(=O)[C@H](C)Nc2ccc(F)cc2)cc1. The number of amides is 1. The van der Waals surface area contributed by atoms with E-state index in [1.54, 1.807) is 26.2 Å². The van der Waals surface area contributed by atoms with Gasteiger partial charge in [-0.1, -0.05) is 12.1 Å². The zero-order chi connectivity index (χ0) is 15.9. The molecule has 0 heterocycles. The van der Waals surface area contributed by atoms with E-state index < -0.39 is 6.04 Å². The normalized spacial score (nSPS) is 11.6. The molecule has 0 aliphatic carbocycles. The van der Waals surface area contributed by atoms with Crippen molar-refractivity contribution in [2.24, 2.45) is 0 Å². The van der Waals surface area contributed by atoms with Gasteiger partial charge in [-0.2, -0.15) is 0 Å². The molecule has 0 saturated heterocycles. The molecule has 0 unspecified atom stereocenters. The van der Waals surface area contributed by atoms with Crippen molar-refractivity contribution in [2.45, 2.75) is 19.5 Å². The van der Waals surface area contributed by atoms with Crippen molar-refractivity contribution in [3.8, 4) is 5.75 Å². The van der Waals surface area contributed by atoms with Crippen LogP contribution in [0.3, 0.4) is 0 Å². The Morgan fingerprint density at radius 1 is 1.14 bits per heavy atom. The van der Waals surface area contributed by atoms with Crippen molar-refractivity contribution in [3.63, 3.8) is 0 Å². The number of benzene rings is 2. The lowest BCUT2D eigenvalue weighted by Crippen LogP contribution is -2.37. The Kier molecular flexibility index (Phi) is 5.36. The minimum atomic E-state index is -0.413. The van der Waals surface area contributed by atoms with E-state index in [0.717, 1.165) is 11.3 Å². The first-order valence-corrected chi connectivity index (χ1v) is 7.01. The number of carbonyl (C=O) groups excluding carboxylic acids is 1. The van der Waals surface area contributed by atoms with Crippen LogP contribution in [0.15, 0.2) is 48.5 Å². The van der Waals surface area contributed by atoms with E-state index in [9.17, 15) is 9.18 Å². The molecular weight excluding hydrogens is 283 g/mol. The molecule has 0 aliphatic heterocycles. The topological polar surface area (TPSA) is 50.4 Å². The van der Waals surface area contributed by atoms with E-state index in [4.69, 9.17) is 4.74 Å². The summed E-state index contributed by atoms with van der Waals surface area (Å²) in [6.45, 7) is 2.20. The first-order valence-electron chi connectivity index (χ1n) is 7.01. The van der Waals surface area contributed by atoms with Crippen LogP contribution in [0.25, 0.3) is 0 Å². The maximum Gasteiger partial charge on any atom is 0.242 e. The Hall–Kier alpha value is -2.56. The predicted molar refractivity (Wildman–Crippen MR) is 84.3 cm³/mol. The molecule has 0 radical (unpaired) electrons. The molecule has 0 spiro atoms. The van der Waals surface area contributed by atoms with Crippen molar-refractivity contribution in [2.75, 3.05) is 12.4 Å². The summed E-state index contributed by atoms with van der Waals surface area (Å²) in [5, 5.41) is 5.88. The van der Waals surface area contributed by atoms with Gasteiger partial charge in [0.15, 0.2) is 0 Å². The van der Waals surface area contributed by atoms with Crippen LogP contribution < -0.4 is 15.4 Å². The van der Waals surface area contributed by atoms with E-state index in [1.165, 1.54) is 12.1 Å². The highest BCUT2D eigenvalue weighted by Gasteiger charge is 2.12. The number of methoxy groups -OCH3 is 1. The van der Waals surface area contributed by atoms with Crippen molar-refractivity contribution >= 4 is 11.6 Å². The number of hydrogen-bond acceptors (Lipinski definition) is 3. The third kappa shape index (κ3) is 4.48. The summed E-state index contributed by atoms with van der Waals surface area (Å²) in [4.78, 5) is 12.0. The molecule has 2 rings (SSSR count). The Bertz CT molecular complexity index is 612. The van der Waals surface area contributed by atoms with Crippen molar-refractivity contribution in [1.82, 2.24) is 5.32 Å². The molecule has 1 atom stereocenters. The number of halogens is 1. The summed E-state index contributed by atoms with van der Waals surface area (Å²) >= 11 is 0. The molecule has 1 amide bonds. The van der Waals surface area contributed by atoms with Crippen LogP contribution in [0.5, 0.6) is 5.75 Å². The van der Waals surface area contributed by atoms with Gasteiger partial charge >= 0.3 is 0 Å². The van der Waals surface area contributed by atoms with Crippen LogP contribution in [-0.2, 0) is 11.3 Å². The maximum absolute atomic E-state index is 12.8. The van der Waals surface area contributed by atoms with Gasteiger partial charge in [-0.05, 0) is 48.9 Å². The minimum Gasteiger partial charge on any atom is -0.497 e. The van der Waals surface area contributed by atoms with Crippen LogP contribution in [0, 0.1) is 5.82 Å². The van der Waals surface area contributed by atoms with Crippen LogP contribution in [-0.4, -0.2) is 19.1 Å². The van der Waals surface area contributed by atoms with Crippen LogP contribution in [0.1, 0.15) is 12.5 Å². The minimum absolute atomic E-state index is 0.125. The number of anilines is 1. The first kappa shape index (κ1) is 15.8. The molecule has 22 heavy (non-hydrogen) atoms. The molecule has 0 aromatic heterocycles. The van der Waals surface area contributed by atoms with Gasteiger partial charge in [0.25, 0.3) is 0 Å². The summed E-state index contributed by atoms with van der Waals surface area (Å²) < 4.78 is 17.9. The van der Waals surface area contributed by atoms with Crippen molar-refractivity contribution in [1.29, 1.82) is 0 Å². The summed E-state index contributed by atoms with van der Waals surface area (Å²) in [5.41, 5.74) is 1.69. The van der Waals surface area contributed by atoms with E-state index in [2.05, 4.69) is 10.6 Å². The molecule has 116 valence electrons. The highest BCUT2D eigenvalue weighted by atomic mass is 19.1. The Morgan fingerprint density at radius 2 is 1.77 bits per heavy atom. The molecule has 2 aromatic carbocycles. The van der Waals surface area contributed by atoms with Crippen LogP contribution in [0.4, 0.5) is 10.1 Å². The summed E-state index contributed by atoms with van der Waals surface area (Å²) in [6.07, 6.45) is 0. The number of carbonyl (C=O) groups is 1. The average Bonchev–Trinajstić information content (AvgIpc) is 2.55. The molecule has 0 bridgehead atoms. The molecule has 5 heteroatoms. The predicted octanol–water partition coefficient (Wildman–Crippen LogP) is 2.95. The highest BCUT2D eigenvalue weighted by molar-refractivity contribution is 5.84. The monoisotopic (exact) mass is 302 g/mol. The second-order valence-corrected chi connectivity index (χ2v) is 4.94. The molecule has 2 N–H and O–H groups in total. The molecule has 2 aromatic rings. The molecule has 4 nitrogen and oxygen atoms in total. The largest absolute Gasteiger partial charge is 0.497 e. The lowest BCUT2D eigenvalue weighted by Gasteiger charge is -2.15. The fourth-order valence-corrected chi connectivity index (χ4v) is 1.95. The van der Waals surface area contributed by atoms with E-state index in [-0.39, 0.29) is 11.7 Å². The third-order valence-corrected chi connectivity index (χ3v) is 3.25. The molecule has 0 fully saturated rings. The van der Waals surface area contributed by atoms with Gasteiger partial charge in [0.1, 0.15) is 17.6 Å². The van der Waals surface area contributed by atoms with Crippen LogP contribution >= 0.6 is 0 Å². The lowest BCUT2D eigenvalue weighted by atomic mass is 10.2. The number of hydrogen-bond donors (Lipinski definition) is 2. The number of rotatable bonds is 6. The standard InChI is InChI=1S/C17H19FN2O2/c1-12(20-15-7-5-14(18)6-8-15)17(21)19-11-13-3-9-16(22-2)10-4-13/h3-10,12,20H,11H2,1-2H3,(H,19,21)/t12-/m0/s1. The van der Waals surface area contributed by atoms with E-state index >= 15 is 0 Å². The second kappa shape index (κ2) is 7.45. The van der Waals surface area contributed by atoms with Gasteiger partial charge in [-0.25, -0.2) is 4.39 Å². The first-order chi connectivity index (χ1) is 10.6. The Labute approximate surface area is 129 Å². The highest BCUT2D eigenvalue weighted by Crippen LogP contribution is 2.12. The third-order valence-electron chi connectivity index (χ3n) is 3.25. The smallest absolute Gasteiger partial charge is 0.242 e. The summed E-state index contributed by atoms with van der Waals surface area (Å²) in [5.74, 6) is 0.351. The van der Waals surface area contributed by atoms with E-state index in [1.807, 2.05) is 24.3 Å². The Morgan fingerprint density at radius 3 is 2.36 bits per heavy atom. The van der Waals surface area contributed by atoms with Gasteiger partial charge in [-0.15, -0.1) is 0 Å². The van der Waals surface area contributed by atoms with Crippen molar-refractivity contribution in [3.05, 3.63) is 59.9 Å². The molecule has 0 aliphatic rings. The van der Waals surface area contributed by atoms with Crippen molar-refractivity contribution < 1.29 is 13.9 Å². The fourth-order valence-electron chi connectivity index (χ4n) is 1.95. The molecule has 0 saturated carbocycles. The summed E-state index contributed by atoms with van der Waals surface area (Å²) in [6, 6.07) is 13.0. The lowest BCUT2D eigenvalue weighted by molar-refractivity contribution is -0.121. The quantitative estimate of drug-likeness (QED) is 0.862. The van der Waals surface area contributed by atoms with Crippen LogP contribution in [0.2, 0.25) is 0 Å².